The van der Waals surface area contributed by atoms with Gasteiger partial charge in [0, 0.05) is 12.1 Å². The maximum Gasteiger partial charge on any atom is 0.234 e. The summed E-state index contributed by atoms with van der Waals surface area (Å²) in [6, 6.07) is 0.734. The zero-order valence-electron chi connectivity index (χ0n) is 12.2. The first-order chi connectivity index (χ1) is 8.61. The van der Waals surface area contributed by atoms with Gasteiger partial charge in [-0.2, -0.15) is 0 Å². The summed E-state index contributed by atoms with van der Waals surface area (Å²) in [5.41, 5.74) is 0. The van der Waals surface area contributed by atoms with E-state index < -0.39 is 0 Å². The van der Waals surface area contributed by atoms with Crippen LogP contribution in [0.25, 0.3) is 0 Å². The van der Waals surface area contributed by atoms with Crippen LogP contribution < -0.4 is 10.6 Å². The molecule has 2 N–H and O–H groups in total. The highest BCUT2D eigenvalue weighted by Gasteiger charge is 2.16. The van der Waals surface area contributed by atoms with Gasteiger partial charge < -0.3 is 15.5 Å². The van der Waals surface area contributed by atoms with Crippen LogP contribution in [0, 0.1) is 0 Å². The van der Waals surface area contributed by atoms with Crippen LogP contribution in [0.15, 0.2) is 0 Å². The molecule has 106 valence electrons. The fourth-order valence-corrected chi connectivity index (χ4v) is 2.51. The van der Waals surface area contributed by atoms with Crippen LogP contribution in [-0.4, -0.2) is 49.1 Å². The third-order valence-electron chi connectivity index (χ3n) is 3.36. The van der Waals surface area contributed by atoms with Crippen LogP contribution in [0.4, 0.5) is 0 Å². The molecule has 1 atom stereocenters. The Labute approximate surface area is 111 Å². The van der Waals surface area contributed by atoms with E-state index in [2.05, 4.69) is 22.5 Å². The van der Waals surface area contributed by atoms with Gasteiger partial charge in [-0.05, 0) is 59.2 Å². The van der Waals surface area contributed by atoms with Gasteiger partial charge in [0.1, 0.15) is 0 Å². The van der Waals surface area contributed by atoms with Crippen molar-refractivity contribution in [2.24, 2.45) is 0 Å². The van der Waals surface area contributed by atoms with E-state index in [9.17, 15) is 4.79 Å². The van der Waals surface area contributed by atoms with Gasteiger partial charge >= 0.3 is 0 Å². The van der Waals surface area contributed by atoms with Gasteiger partial charge in [-0.3, -0.25) is 4.79 Å². The largest absolute Gasteiger partial charge is 0.353 e. The van der Waals surface area contributed by atoms with Gasteiger partial charge in [0.2, 0.25) is 5.91 Å². The highest BCUT2D eigenvalue weighted by molar-refractivity contribution is 5.78. The maximum atomic E-state index is 11.6. The van der Waals surface area contributed by atoms with Gasteiger partial charge in [-0.25, -0.2) is 0 Å². The van der Waals surface area contributed by atoms with Crippen LogP contribution in [0.5, 0.6) is 0 Å². The number of likely N-dealkylation sites (tertiary alicyclic amines) is 1. The van der Waals surface area contributed by atoms with E-state index in [1.165, 1.54) is 32.4 Å². The molecular formula is C14H29N3O. The molecule has 1 amide bonds. The molecule has 1 aliphatic rings. The Hall–Kier alpha value is -0.610. The Balaban J connectivity index is 2.21. The SMILES string of the molecule is CCCN1CCCC(NCC(=O)NC(C)C)CC1. The van der Waals surface area contributed by atoms with E-state index in [0.717, 1.165) is 13.0 Å². The summed E-state index contributed by atoms with van der Waals surface area (Å²) in [6.07, 6.45) is 4.82. The Morgan fingerprint density at radius 3 is 2.78 bits per heavy atom. The molecule has 0 aromatic heterocycles. The lowest BCUT2D eigenvalue weighted by Crippen LogP contribution is -2.41. The zero-order valence-corrected chi connectivity index (χ0v) is 12.2. The summed E-state index contributed by atoms with van der Waals surface area (Å²) >= 11 is 0. The van der Waals surface area contributed by atoms with Crippen molar-refractivity contribution in [2.75, 3.05) is 26.2 Å². The summed E-state index contributed by atoms with van der Waals surface area (Å²) in [5.74, 6) is 0.111. The number of carbonyl (C=O) groups is 1. The van der Waals surface area contributed by atoms with Crippen molar-refractivity contribution in [2.45, 2.75) is 58.5 Å². The fourth-order valence-electron chi connectivity index (χ4n) is 2.51. The first-order valence-electron chi connectivity index (χ1n) is 7.37. The predicted molar refractivity (Wildman–Crippen MR) is 75.7 cm³/mol. The Kier molecular flexibility index (Phi) is 7.28. The summed E-state index contributed by atoms with van der Waals surface area (Å²) in [4.78, 5) is 14.1. The summed E-state index contributed by atoms with van der Waals surface area (Å²) < 4.78 is 0. The molecule has 0 radical (unpaired) electrons. The van der Waals surface area contributed by atoms with Crippen molar-refractivity contribution in [1.82, 2.24) is 15.5 Å². The molecule has 1 unspecified atom stereocenters. The fraction of sp³-hybridized carbons (Fsp3) is 0.929. The smallest absolute Gasteiger partial charge is 0.234 e. The number of rotatable bonds is 6. The minimum atomic E-state index is 0.111. The van der Waals surface area contributed by atoms with Gasteiger partial charge in [-0.1, -0.05) is 6.92 Å². The highest BCUT2D eigenvalue weighted by Crippen LogP contribution is 2.11. The van der Waals surface area contributed by atoms with E-state index >= 15 is 0 Å². The van der Waals surface area contributed by atoms with Crippen molar-refractivity contribution in [3.8, 4) is 0 Å². The standard InChI is InChI=1S/C14H29N3O/c1-4-8-17-9-5-6-13(7-10-17)15-11-14(18)16-12(2)3/h12-13,15H,4-11H2,1-3H3,(H,16,18). The van der Waals surface area contributed by atoms with Gasteiger partial charge in [-0.15, -0.1) is 0 Å². The monoisotopic (exact) mass is 255 g/mol. The molecular weight excluding hydrogens is 226 g/mol. The Bertz CT molecular complexity index is 243. The highest BCUT2D eigenvalue weighted by atomic mass is 16.1. The summed E-state index contributed by atoms with van der Waals surface area (Å²) in [6.45, 7) is 10.3. The maximum absolute atomic E-state index is 11.6. The van der Waals surface area contributed by atoms with E-state index in [1.54, 1.807) is 0 Å². The van der Waals surface area contributed by atoms with Crippen LogP contribution in [0.1, 0.15) is 46.5 Å². The number of carbonyl (C=O) groups excluding carboxylic acids is 1. The van der Waals surface area contributed by atoms with Crippen molar-refractivity contribution in [3.05, 3.63) is 0 Å². The molecule has 1 aliphatic heterocycles. The Morgan fingerprint density at radius 2 is 2.11 bits per heavy atom. The van der Waals surface area contributed by atoms with Crippen LogP contribution in [0.2, 0.25) is 0 Å². The van der Waals surface area contributed by atoms with E-state index in [1.807, 2.05) is 13.8 Å². The van der Waals surface area contributed by atoms with Crippen LogP contribution >= 0.6 is 0 Å². The molecule has 0 aromatic rings. The summed E-state index contributed by atoms with van der Waals surface area (Å²) in [5, 5.41) is 6.31. The van der Waals surface area contributed by atoms with Crippen LogP contribution in [-0.2, 0) is 4.79 Å². The second-order valence-electron chi connectivity index (χ2n) is 5.57. The zero-order chi connectivity index (χ0) is 13.4. The second kappa shape index (κ2) is 8.48. The molecule has 0 saturated carbocycles. The molecule has 1 saturated heterocycles. The average Bonchev–Trinajstić information content (AvgIpc) is 2.52. The first kappa shape index (κ1) is 15.4. The molecule has 0 bridgehead atoms. The predicted octanol–water partition coefficient (Wildman–Crippen LogP) is 1.37. The molecule has 4 heteroatoms. The van der Waals surface area contributed by atoms with E-state index in [-0.39, 0.29) is 11.9 Å². The number of nitrogens with one attached hydrogen (secondary N) is 2. The molecule has 0 spiro atoms. The topological polar surface area (TPSA) is 44.4 Å². The van der Waals surface area contributed by atoms with Gasteiger partial charge in [0.15, 0.2) is 0 Å². The molecule has 1 fully saturated rings. The molecule has 18 heavy (non-hydrogen) atoms. The Morgan fingerprint density at radius 1 is 1.33 bits per heavy atom. The van der Waals surface area contributed by atoms with Crippen molar-refractivity contribution < 1.29 is 4.79 Å². The number of amides is 1. The lowest BCUT2D eigenvalue weighted by Gasteiger charge is -2.19. The van der Waals surface area contributed by atoms with E-state index in [4.69, 9.17) is 0 Å². The molecule has 1 heterocycles. The molecule has 1 rings (SSSR count). The van der Waals surface area contributed by atoms with Crippen molar-refractivity contribution >= 4 is 5.91 Å². The third kappa shape index (κ3) is 6.36. The minimum Gasteiger partial charge on any atom is -0.353 e. The second-order valence-corrected chi connectivity index (χ2v) is 5.57. The van der Waals surface area contributed by atoms with Gasteiger partial charge in [0.05, 0.1) is 6.54 Å². The number of hydrogen-bond acceptors (Lipinski definition) is 3. The van der Waals surface area contributed by atoms with Crippen molar-refractivity contribution in [1.29, 1.82) is 0 Å². The summed E-state index contributed by atoms with van der Waals surface area (Å²) in [7, 11) is 0. The molecule has 0 aromatic carbocycles. The number of hydrogen-bond donors (Lipinski definition) is 2. The molecule has 4 nitrogen and oxygen atoms in total. The number of nitrogens with zero attached hydrogens (tertiary/aromatic N) is 1. The normalized spacial score (nSPS) is 21.9. The van der Waals surface area contributed by atoms with Crippen molar-refractivity contribution in [3.63, 3.8) is 0 Å². The van der Waals surface area contributed by atoms with E-state index in [0.29, 0.717) is 12.6 Å². The quantitative estimate of drug-likeness (QED) is 0.753. The lowest BCUT2D eigenvalue weighted by atomic mass is 10.1. The van der Waals surface area contributed by atoms with Crippen LogP contribution in [0.3, 0.4) is 0 Å². The first-order valence-corrected chi connectivity index (χ1v) is 7.37. The lowest BCUT2D eigenvalue weighted by molar-refractivity contribution is -0.120. The minimum absolute atomic E-state index is 0.111. The van der Waals surface area contributed by atoms with Gasteiger partial charge in [0.25, 0.3) is 0 Å². The molecule has 0 aliphatic carbocycles. The average molecular weight is 255 g/mol. The third-order valence-corrected chi connectivity index (χ3v) is 3.36.